The Kier molecular flexibility index (Phi) is 10.3. The Morgan fingerprint density at radius 1 is 1.00 bits per heavy atom. The van der Waals surface area contributed by atoms with Crippen molar-refractivity contribution in [2.75, 3.05) is 19.6 Å². The van der Waals surface area contributed by atoms with E-state index in [9.17, 15) is 4.79 Å². The van der Waals surface area contributed by atoms with E-state index in [-0.39, 0.29) is 5.91 Å². The molecule has 0 aromatic heterocycles. The zero-order valence-electron chi connectivity index (χ0n) is 15.2. The molecule has 0 radical (unpaired) electrons. The number of amides is 1. The fraction of sp³-hybridized carbons (Fsp3) is 0.500. The lowest BCUT2D eigenvalue weighted by Crippen LogP contribution is -3.11. The molecule has 0 bridgehead atoms. The molecule has 0 aliphatic carbocycles. The summed E-state index contributed by atoms with van der Waals surface area (Å²) in [5.41, 5.74) is 4.45. The molecule has 1 amide bonds. The molecule has 1 aromatic carbocycles. The van der Waals surface area contributed by atoms with Crippen molar-refractivity contribution in [3.05, 3.63) is 35.9 Å². The summed E-state index contributed by atoms with van der Waals surface area (Å²) in [7, 11) is 0. The van der Waals surface area contributed by atoms with Crippen LogP contribution in [0.15, 0.2) is 30.3 Å². The molecule has 1 unspecified atom stereocenters. The first-order valence-corrected chi connectivity index (χ1v) is 8.42. The van der Waals surface area contributed by atoms with Gasteiger partial charge in [0.1, 0.15) is 5.41 Å². The summed E-state index contributed by atoms with van der Waals surface area (Å²) in [5, 5.41) is 17.9. The monoisotopic (exact) mass is 352 g/mol. The lowest BCUT2D eigenvalue weighted by atomic mass is 9.74. The summed E-state index contributed by atoms with van der Waals surface area (Å²) >= 11 is 0. The van der Waals surface area contributed by atoms with Gasteiger partial charge in [0.25, 0.3) is 0 Å². The van der Waals surface area contributed by atoms with Gasteiger partial charge in [-0.15, -0.1) is 0 Å². The average Bonchev–Trinajstić information content (AvgIpc) is 2.60. The highest BCUT2D eigenvalue weighted by Crippen LogP contribution is 2.30. The maximum absolute atomic E-state index is 12.2. The first kappa shape index (κ1) is 22.8. The van der Waals surface area contributed by atoms with Crippen LogP contribution < -0.4 is 20.8 Å². The van der Waals surface area contributed by atoms with E-state index in [1.807, 2.05) is 18.2 Å². The Hall–Kier alpha value is -2.25. The molecule has 0 heterocycles. The van der Waals surface area contributed by atoms with Gasteiger partial charge in [0.05, 0.1) is 31.6 Å². The first-order chi connectivity index (χ1) is 11.7. The standard InChI is InChI=1S/C16H26N2O.C2H2O4/c1-4-16(15(17)19,12-13-18(5-2)6-3)14-10-8-7-9-11-14;3-1(4)2(5)6/h7-11H,4-6,12-13H2,1-3H3,(H2,17,19);(H,3,4)(H,5,6). The lowest BCUT2D eigenvalue weighted by Gasteiger charge is -2.29. The Balaban J connectivity index is 0.000000823. The van der Waals surface area contributed by atoms with Crippen LogP contribution in [0.4, 0.5) is 0 Å². The van der Waals surface area contributed by atoms with Crippen LogP contribution in [0, 0.1) is 0 Å². The SMILES string of the molecule is CC[NH+](CC)CCC(CC)(C([NH3+])=O)c1ccccc1.O=C([O-])C(=O)[O-]. The summed E-state index contributed by atoms with van der Waals surface area (Å²) in [5.74, 6) is -4.32. The van der Waals surface area contributed by atoms with Crippen molar-refractivity contribution in [2.24, 2.45) is 0 Å². The smallest absolute Gasteiger partial charge is 0.319 e. The minimum absolute atomic E-state index is 0.0488. The number of hydrogen-bond acceptors (Lipinski definition) is 5. The second-order valence-electron chi connectivity index (χ2n) is 5.76. The van der Waals surface area contributed by atoms with E-state index in [0.29, 0.717) is 0 Å². The largest absolute Gasteiger partial charge is 0.543 e. The maximum Gasteiger partial charge on any atom is 0.319 e. The Labute approximate surface area is 148 Å². The molecule has 1 atom stereocenters. The molecule has 0 fully saturated rings. The molecule has 7 nitrogen and oxygen atoms in total. The van der Waals surface area contributed by atoms with Crippen molar-refractivity contribution < 1.29 is 35.2 Å². The summed E-state index contributed by atoms with van der Waals surface area (Å²) in [6.45, 7) is 9.72. The highest BCUT2D eigenvalue weighted by molar-refractivity contribution is 6.25. The highest BCUT2D eigenvalue weighted by atomic mass is 16.4. The van der Waals surface area contributed by atoms with Crippen molar-refractivity contribution >= 4 is 17.8 Å². The number of nitrogens with one attached hydrogen (secondary N) is 1. The van der Waals surface area contributed by atoms with Crippen LogP contribution in [0.25, 0.3) is 0 Å². The number of carbonyl (C=O) groups is 3. The third-order valence-corrected chi connectivity index (χ3v) is 4.54. The van der Waals surface area contributed by atoms with Crippen LogP contribution in [-0.2, 0) is 19.8 Å². The van der Waals surface area contributed by atoms with Crippen molar-refractivity contribution in [1.29, 1.82) is 0 Å². The summed E-state index contributed by atoms with van der Waals surface area (Å²) in [6.07, 6.45) is 1.70. The third kappa shape index (κ3) is 7.03. The molecule has 7 heteroatoms. The number of quaternary nitrogens is 2. The van der Waals surface area contributed by atoms with Gasteiger partial charge in [-0.1, -0.05) is 37.3 Å². The lowest BCUT2D eigenvalue weighted by molar-refractivity contribution is -0.897. The second kappa shape index (κ2) is 11.3. The minimum Gasteiger partial charge on any atom is -0.543 e. The molecule has 0 aliphatic rings. The molecule has 1 rings (SSSR count). The topological polar surface area (TPSA) is 129 Å². The van der Waals surface area contributed by atoms with Crippen LogP contribution in [0.5, 0.6) is 0 Å². The van der Waals surface area contributed by atoms with Crippen molar-refractivity contribution in [2.45, 2.75) is 39.0 Å². The van der Waals surface area contributed by atoms with E-state index < -0.39 is 17.4 Å². The number of aliphatic carboxylic acids is 2. The maximum atomic E-state index is 12.2. The van der Waals surface area contributed by atoms with Gasteiger partial charge >= 0.3 is 5.91 Å². The van der Waals surface area contributed by atoms with Crippen LogP contribution in [0.1, 0.15) is 39.2 Å². The van der Waals surface area contributed by atoms with Gasteiger partial charge in [0, 0.05) is 6.42 Å². The van der Waals surface area contributed by atoms with Gasteiger partial charge in [0.2, 0.25) is 0 Å². The van der Waals surface area contributed by atoms with Crippen LogP contribution >= 0.6 is 0 Å². The van der Waals surface area contributed by atoms with Gasteiger partial charge in [0.15, 0.2) is 0 Å². The number of hydrogen-bond donors (Lipinski definition) is 2. The molecular weight excluding hydrogens is 324 g/mol. The second-order valence-corrected chi connectivity index (χ2v) is 5.76. The van der Waals surface area contributed by atoms with Crippen LogP contribution in [0.3, 0.4) is 0 Å². The third-order valence-electron chi connectivity index (χ3n) is 4.54. The van der Waals surface area contributed by atoms with Gasteiger partial charge in [-0.3, -0.25) is 5.73 Å². The van der Waals surface area contributed by atoms with E-state index in [1.54, 1.807) is 0 Å². The van der Waals surface area contributed by atoms with E-state index in [4.69, 9.17) is 19.8 Å². The van der Waals surface area contributed by atoms with Crippen LogP contribution in [-0.4, -0.2) is 37.5 Å². The molecule has 0 saturated heterocycles. The molecule has 25 heavy (non-hydrogen) atoms. The fourth-order valence-electron chi connectivity index (χ4n) is 2.77. The van der Waals surface area contributed by atoms with Gasteiger partial charge in [-0.05, 0) is 25.8 Å². The zero-order valence-corrected chi connectivity index (χ0v) is 15.2. The number of benzene rings is 1. The number of rotatable bonds is 8. The predicted octanol–water partition coefficient (Wildman–Crippen LogP) is -3.10. The molecule has 0 saturated carbocycles. The highest BCUT2D eigenvalue weighted by Gasteiger charge is 2.40. The quantitative estimate of drug-likeness (QED) is 0.479. The number of carboxylic acids is 2. The first-order valence-electron chi connectivity index (χ1n) is 8.42. The van der Waals surface area contributed by atoms with Gasteiger partial charge in [-0.25, -0.2) is 4.79 Å². The van der Waals surface area contributed by atoms with Gasteiger partial charge in [-0.2, -0.15) is 0 Å². The van der Waals surface area contributed by atoms with E-state index in [1.165, 1.54) is 4.90 Å². The Bertz CT molecular complexity index is 546. The van der Waals surface area contributed by atoms with E-state index in [2.05, 4.69) is 38.6 Å². The molecular formula is C18H28N2O5. The summed E-state index contributed by atoms with van der Waals surface area (Å²) < 4.78 is 0. The van der Waals surface area contributed by atoms with Crippen LogP contribution in [0.2, 0.25) is 0 Å². The Morgan fingerprint density at radius 2 is 1.48 bits per heavy atom. The van der Waals surface area contributed by atoms with Gasteiger partial charge < -0.3 is 24.7 Å². The Morgan fingerprint density at radius 3 is 1.80 bits per heavy atom. The van der Waals surface area contributed by atoms with Crippen molar-refractivity contribution in [3.8, 4) is 0 Å². The molecule has 1 aromatic rings. The predicted molar refractivity (Wildman–Crippen MR) is 87.8 cm³/mol. The minimum atomic E-state index is -2.19. The fourth-order valence-corrected chi connectivity index (χ4v) is 2.77. The summed E-state index contributed by atoms with van der Waals surface area (Å²) in [4.78, 5) is 31.6. The molecule has 140 valence electrons. The summed E-state index contributed by atoms with van der Waals surface area (Å²) in [6, 6.07) is 10.1. The molecule has 0 spiro atoms. The number of carbonyl (C=O) groups excluding carboxylic acids is 3. The van der Waals surface area contributed by atoms with E-state index >= 15 is 0 Å². The zero-order chi connectivity index (χ0) is 19.5. The molecule has 0 aliphatic heterocycles. The van der Waals surface area contributed by atoms with Crippen molar-refractivity contribution in [3.63, 3.8) is 0 Å². The number of carboxylic acid groups (broad SMARTS) is 2. The van der Waals surface area contributed by atoms with E-state index in [0.717, 1.165) is 38.0 Å². The molecule has 4 N–H and O–H groups in total. The van der Waals surface area contributed by atoms with Crippen molar-refractivity contribution in [1.82, 2.24) is 0 Å². The average molecular weight is 352 g/mol. The normalized spacial score (nSPS) is 12.7.